The van der Waals surface area contributed by atoms with Crippen LogP contribution in [-0.4, -0.2) is 64.1 Å². The van der Waals surface area contributed by atoms with Crippen LogP contribution >= 0.6 is 11.3 Å². The number of aryl methyl sites for hydroxylation is 1. The molecular weight excluding hydrogens is 310 g/mol. The van der Waals surface area contributed by atoms with Crippen molar-refractivity contribution in [3.63, 3.8) is 0 Å². The molecule has 2 fully saturated rings. The summed E-state index contributed by atoms with van der Waals surface area (Å²) >= 11 is 1.54. The average molecular weight is 337 g/mol. The number of aliphatic hydroxyl groups excluding tert-OH is 1. The molecular formula is C17H27N3O2S. The van der Waals surface area contributed by atoms with Crippen LogP contribution in [0.2, 0.25) is 0 Å². The number of carbonyl (C=O) groups excluding carboxylic acids is 1. The van der Waals surface area contributed by atoms with Gasteiger partial charge in [0.15, 0.2) is 0 Å². The Hall–Kier alpha value is -0.980. The molecule has 2 heterocycles. The van der Waals surface area contributed by atoms with Gasteiger partial charge >= 0.3 is 0 Å². The Bertz CT molecular complexity index is 564. The quantitative estimate of drug-likeness (QED) is 0.919. The van der Waals surface area contributed by atoms with Crippen LogP contribution < -0.4 is 0 Å². The standard InChI is InChI=1S/C17H27N3O2S/c1-11(2)16-18-12(3)15(23-16)17(22)20-9-7-19(8-10-20)13-5-4-6-14(13)21/h11,13-14,21H,4-10H2,1-3H3. The third-order valence-corrected chi connectivity index (χ3v) is 6.46. The van der Waals surface area contributed by atoms with Crippen LogP contribution in [0.4, 0.5) is 0 Å². The van der Waals surface area contributed by atoms with Crippen LogP contribution in [0.3, 0.4) is 0 Å². The van der Waals surface area contributed by atoms with E-state index in [4.69, 9.17) is 0 Å². The summed E-state index contributed by atoms with van der Waals surface area (Å²) in [6.07, 6.45) is 2.93. The van der Waals surface area contributed by atoms with E-state index in [9.17, 15) is 9.90 Å². The third kappa shape index (κ3) is 3.44. The Labute approximate surface area is 142 Å². The van der Waals surface area contributed by atoms with E-state index in [1.807, 2.05) is 11.8 Å². The zero-order valence-electron chi connectivity index (χ0n) is 14.3. The van der Waals surface area contributed by atoms with Gasteiger partial charge in [0.2, 0.25) is 0 Å². The Balaban J connectivity index is 1.62. The lowest BCUT2D eigenvalue weighted by Crippen LogP contribution is -2.53. The maximum Gasteiger partial charge on any atom is 0.265 e. The molecule has 23 heavy (non-hydrogen) atoms. The van der Waals surface area contributed by atoms with Crippen LogP contribution in [-0.2, 0) is 0 Å². The number of aromatic nitrogens is 1. The molecule has 0 aromatic carbocycles. The first-order valence-electron chi connectivity index (χ1n) is 8.66. The summed E-state index contributed by atoms with van der Waals surface area (Å²) in [5.74, 6) is 0.486. The molecule has 1 N–H and O–H groups in total. The van der Waals surface area contributed by atoms with Crippen molar-refractivity contribution < 1.29 is 9.90 Å². The van der Waals surface area contributed by atoms with E-state index in [0.717, 1.165) is 61.0 Å². The number of aliphatic hydroxyl groups is 1. The van der Waals surface area contributed by atoms with Gasteiger partial charge in [0.25, 0.3) is 5.91 Å². The fourth-order valence-electron chi connectivity index (χ4n) is 3.61. The molecule has 128 valence electrons. The molecule has 6 heteroatoms. The second-order valence-electron chi connectivity index (χ2n) is 7.02. The molecule has 1 amide bonds. The molecule has 1 saturated heterocycles. The number of nitrogens with zero attached hydrogens (tertiary/aromatic N) is 3. The van der Waals surface area contributed by atoms with Gasteiger partial charge in [0, 0.05) is 38.1 Å². The average Bonchev–Trinajstić information content (AvgIpc) is 3.13. The Kier molecular flexibility index (Phi) is 5.04. The van der Waals surface area contributed by atoms with Crippen molar-refractivity contribution >= 4 is 17.2 Å². The summed E-state index contributed by atoms with van der Waals surface area (Å²) in [7, 11) is 0. The van der Waals surface area contributed by atoms with Crippen LogP contribution in [0, 0.1) is 6.92 Å². The van der Waals surface area contributed by atoms with Crippen molar-refractivity contribution in [1.29, 1.82) is 0 Å². The topological polar surface area (TPSA) is 56.7 Å². The normalized spacial score (nSPS) is 26.2. The number of thiazole rings is 1. The molecule has 0 radical (unpaired) electrons. The summed E-state index contributed by atoms with van der Waals surface area (Å²) in [5.41, 5.74) is 0.859. The number of hydrogen-bond acceptors (Lipinski definition) is 5. The van der Waals surface area contributed by atoms with Crippen molar-refractivity contribution in [2.45, 2.75) is 58.1 Å². The first-order chi connectivity index (χ1) is 11.0. The second kappa shape index (κ2) is 6.87. The van der Waals surface area contributed by atoms with Crippen molar-refractivity contribution in [3.8, 4) is 0 Å². The lowest BCUT2D eigenvalue weighted by molar-refractivity contribution is 0.0317. The van der Waals surface area contributed by atoms with E-state index in [-0.39, 0.29) is 12.0 Å². The maximum atomic E-state index is 12.8. The monoisotopic (exact) mass is 337 g/mol. The summed E-state index contributed by atoms with van der Waals surface area (Å²) in [6.45, 7) is 9.37. The first-order valence-corrected chi connectivity index (χ1v) is 9.47. The van der Waals surface area contributed by atoms with Crippen LogP contribution in [0.5, 0.6) is 0 Å². The highest BCUT2D eigenvalue weighted by molar-refractivity contribution is 7.13. The number of hydrogen-bond donors (Lipinski definition) is 1. The summed E-state index contributed by atoms with van der Waals surface area (Å²) in [4.78, 5) is 22.4. The molecule has 2 atom stereocenters. The van der Waals surface area contributed by atoms with Gasteiger partial charge in [0.05, 0.1) is 16.8 Å². The lowest BCUT2D eigenvalue weighted by Gasteiger charge is -2.39. The van der Waals surface area contributed by atoms with Crippen LogP contribution in [0.25, 0.3) is 0 Å². The van der Waals surface area contributed by atoms with Crippen molar-refractivity contribution in [2.24, 2.45) is 0 Å². The van der Waals surface area contributed by atoms with Gasteiger partial charge in [-0.2, -0.15) is 0 Å². The van der Waals surface area contributed by atoms with Crippen molar-refractivity contribution in [3.05, 3.63) is 15.6 Å². The molecule has 0 bridgehead atoms. The Morgan fingerprint density at radius 3 is 2.48 bits per heavy atom. The Morgan fingerprint density at radius 1 is 1.26 bits per heavy atom. The predicted octanol–water partition coefficient (Wildman–Crippen LogP) is 2.25. The zero-order valence-corrected chi connectivity index (χ0v) is 15.1. The van der Waals surface area contributed by atoms with Gasteiger partial charge in [-0.3, -0.25) is 9.69 Å². The largest absolute Gasteiger partial charge is 0.391 e. The van der Waals surface area contributed by atoms with Crippen LogP contribution in [0.15, 0.2) is 0 Å². The van der Waals surface area contributed by atoms with Gasteiger partial charge < -0.3 is 10.0 Å². The summed E-state index contributed by atoms with van der Waals surface area (Å²) in [5, 5.41) is 11.1. The minimum Gasteiger partial charge on any atom is -0.391 e. The predicted molar refractivity (Wildman–Crippen MR) is 92.1 cm³/mol. The highest BCUT2D eigenvalue weighted by Gasteiger charge is 2.34. The van der Waals surface area contributed by atoms with Gasteiger partial charge in [-0.25, -0.2) is 4.98 Å². The molecule has 0 spiro atoms. The smallest absolute Gasteiger partial charge is 0.265 e. The first kappa shape index (κ1) is 16.9. The van der Waals surface area contributed by atoms with Gasteiger partial charge in [-0.15, -0.1) is 11.3 Å². The fraction of sp³-hybridized carbons (Fsp3) is 0.765. The number of piperazine rings is 1. The number of carbonyl (C=O) groups is 1. The van der Waals surface area contributed by atoms with E-state index in [0.29, 0.717) is 12.0 Å². The molecule has 1 aromatic rings. The number of rotatable bonds is 3. The SMILES string of the molecule is Cc1nc(C(C)C)sc1C(=O)N1CCN(C2CCCC2O)CC1. The maximum absolute atomic E-state index is 12.8. The molecule has 1 aromatic heterocycles. The third-order valence-electron chi connectivity index (χ3n) is 5.02. The highest BCUT2D eigenvalue weighted by atomic mass is 32.1. The lowest BCUT2D eigenvalue weighted by atomic mass is 10.1. The summed E-state index contributed by atoms with van der Waals surface area (Å²) < 4.78 is 0. The second-order valence-corrected chi connectivity index (χ2v) is 8.05. The van der Waals surface area contributed by atoms with Crippen molar-refractivity contribution in [2.75, 3.05) is 26.2 Å². The molecule has 1 saturated carbocycles. The minimum atomic E-state index is -0.186. The fourth-order valence-corrected chi connectivity index (χ4v) is 4.65. The molecule has 2 aliphatic rings. The van der Waals surface area contributed by atoms with Crippen molar-refractivity contribution in [1.82, 2.24) is 14.8 Å². The molecule has 1 aliphatic heterocycles. The Morgan fingerprint density at radius 2 is 1.96 bits per heavy atom. The zero-order chi connectivity index (χ0) is 16.6. The highest BCUT2D eigenvalue weighted by Crippen LogP contribution is 2.28. The van der Waals surface area contributed by atoms with E-state index < -0.39 is 0 Å². The van der Waals surface area contributed by atoms with Gasteiger partial charge in [-0.05, 0) is 26.2 Å². The van der Waals surface area contributed by atoms with Gasteiger partial charge in [-0.1, -0.05) is 13.8 Å². The van der Waals surface area contributed by atoms with E-state index in [2.05, 4.69) is 23.7 Å². The van der Waals surface area contributed by atoms with Crippen LogP contribution in [0.1, 0.15) is 59.4 Å². The van der Waals surface area contributed by atoms with Gasteiger partial charge in [0.1, 0.15) is 4.88 Å². The molecule has 5 nitrogen and oxygen atoms in total. The minimum absolute atomic E-state index is 0.124. The van der Waals surface area contributed by atoms with E-state index in [1.165, 1.54) is 11.3 Å². The number of amides is 1. The molecule has 2 unspecified atom stereocenters. The molecule has 3 rings (SSSR count). The van der Waals surface area contributed by atoms with E-state index in [1.54, 1.807) is 0 Å². The van der Waals surface area contributed by atoms with E-state index >= 15 is 0 Å². The molecule has 1 aliphatic carbocycles. The summed E-state index contributed by atoms with van der Waals surface area (Å²) in [6, 6.07) is 0.296.